The van der Waals surface area contributed by atoms with Crippen molar-refractivity contribution < 1.29 is 9.63 Å². The third-order valence-electron chi connectivity index (χ3n) is 2.29. The van der Waals surface area contributed by atoms with E-state index in [2.05, 4.69) is 6.92 Å². The Hall–Kier alpha value is -0.570. The zero-order valence-electron chi connectivity index (χ0n) is 7.88. The maximum atomic E-state index is 10.7. The van der Waals surface area contributed by atoms with Gasteiger partial charge in [-0.05, 0) is 19.3 Å². The van der Waals surface area contributed by atoms with Crippen LogP contribution in [0.4, 0.5) is 0 Å². The second kappa shape index (κ2) is 4.45. The standard InChI is InChI=1S/C9H17NO2/c1-3-9-6-4-5-7-10(9)12-8(2)11/h9H,3-7H2,1-2H3. The van der Waals surface area contributed by atoms with Crippen LogP contribution < -0.4 is 0 Å². The number of carbonyl (C=O) groups excluding carboxylic acids is 1. The third-order valence-corrected chi connectivity index (χ3v) is 2.29. The molecule has 0 saturated carbocycles. The van der Waals surface area contributed by atoms with Crippen molar-refractivity contribution in [2.75, 3.05) is 6.54 Å². The summed E-state index contributed by atoms with van der Waals surface area (Å²) in [5.74, 6) is -0.199. The lowest BCUT2D eigenvalue weighted by atomic mass is 10.0. The van der Waals surface area contributed by atoms with E-state index in [9.17, 15) is 4.79 Å². The number of rotatable bonds is 2. The minimum absolute atomic E-state index is 0.199. The Labute approximate surface area is 73.6 Å². The van der Waals surface area contributed by atoms with Gasteiger partial charge in [-0.1, -0.05) is 13.3 Å². The van der Waals surface area contributed by atoms with E-state index in [1.807, 2.05) is 5.06 Å². The van der Waals surface area contributed by atoms with Gasteiger partial charge >= 0.3 is 5.97 Å². The van der Waals surface area contributed by atoms with Crippen LogP contribution in [0.25, 0.3) is 0 Å². The van der Waals surface area contributed by atoms with Gasteiger partial charge in [0, 0.05) is 19.5 Å². The first-order valence-corrected chi connectivity index (χ1v) is 4.69. The molecule has 70 valence electrons. The molecule has 1 aliphatic heterocycles. The molecule has 12 heavy (non-hydrogen) atoms. The quantitative estimate of drug-likeness (QED) is 0.633. The van der Waals surface area contributed by atoms with Crippen LogP contribution in [0.1, 0.15) is 39.5 Å². The first kappa shape index (κ1) is 9.52. The molecule has 1 unspecified atom stereocenters. The van der Waals surface area contributed by atoms with Gasteiger partial charge in [0.2, 0.25) is 0 Å². The largest absolute Gasteiger partial charge is 0.368 e. The van der Waals surface area contributed by atoms with Gasteiger partial charge in [0.1, 0.15) is 0 Å². The molecule has 0 radical (unpaired) electrons. The summed E-state index contributed by atoms with van der Waals surface area (Å²) < 4.78 is 0. The van der Waals surface area contributed by atoms with E-state index >= 15 is 0 Å². The molecule has 1 saturated heterocycles. The molecule has 0 aromatic carbocycles. The molecule has 0 aliphatic carbocycles. The Bertz CT molecular complexity index is 159. The van der Waals surface area contributed by atoms with Gasteiger partial charge < -0.3 is 4.84 Å². The second-order valence-electron chi connectivity index (χ2n) is 3.28. The van der Waals surface area contributed by atoms with Crippen molar-refractivity contribution >= 4 is 5.97 Å². The van der Waals surface area contributed by atoms with Crippen LogP contribution in [0.3, 0.4) is 0 Å². The van der Waals surface area contributed by atoms with Crippen LogP contribution in [0.5, 0.6) is 0 Å². The van der Waals surface area contributed by atoms with E-state index in [4.69, 9.17) is 4.84 Å². The van der Waals surface area contributed by atoms with Crippen molar-refractivity contribution in [3.63, 3.8) is 0 Å². The lowest BCUT2D eigenvalue weighted by Gasteiger charge is -2.32. The SMILES string of the molecule is CCC1CCCCN1OC(C)=O. The molecule has 1 heterocycles. The van der Waals surface area contributed by atoms with E-state index in [0.717, 1.165) is 25.8 Å². The topological polar surface area (TPSA) is 29.5 Å². The molecule has 0 aromatic rings. The van der Waals surface area contributed by atoms with E-state index < -0.39 is 0 Å². The van der Waals surface area contributed by atoms with Crippen LogP contribution >= 0.6 is 0 Å². The molecular weight excluding hydrogens is 154 g/mol. The minimum Gasteiger partial charge on any atom is -0.368 e. The zero-order valence-corrected chi connectivity index (χ0v) is 7.88. The van der Waals surface area contributed by atoms with Gasteiger partial charge in [0.05, 0.1) is 0 Å². The average Bonchev–Trinajstić information content (AvgIpc) is 2.04. The van der Waals surface area contributed by atoms with E-state index in [1.54, 1.807) is 0 Å². The smallest absolute Gasteiger partial charge is 0.322 e. The van der Waals surface area contributed by atoms with Gasteiger partial charge in [-0.3, -0.25) is 4.79 Å². The Morgan fingerprint density at radius 3 is 2.92 bits per heavy atom. The average molecular weight is 171 g/mol. The number of hydrogen-bond donors (Lipinski definition) is 0. The molecule has 0 spiro atoms. The number of hydrogen-bond acceptors (Lipinski definition) is 3. The van der Waals surface area contributed by atoms with Crippen molar-refractivity contribution in [1.82, 2.24) is 5.06 Å². The molecule has 3 nitrogen and oxygen atoms in total. The summed E-state index contributed by atoms with van der Waals surface area (Å²) in [4.78, 5) is 15.8. The van der Waals surface area contributed by atoms with Gasteiger partial charge in [0.15, 0.2) is 0 Å². The summed E-state index contributed by atoms with van der Waals surface area (Å²) >= 11 is 0. The summed E-state index contributed by atoms with van der Waals surface area (Å²) in [6.07, 6.45) is 4.62. The number of nitrogens with zero attached hydrogens (tertiary/aromatic N) is 1. The number of carbonyl (C=O) groups is 1. The highest BCUT2D eigenvalue weighted by Gasteiger charge is 2.22. The first-order chi connectivity index (χ1) is 5.74. The molecule has 0 N–H and O–H groups in total. The molecule has 1 rings (SSSR count). The van der Waals surface area contributed by atoms with Crippen molar-refractivity contribution in [3.05, 3.63) is 0 Å². The van der Waals surface area contributed by atoms with Crippen LogP contribution in [0, 0.1) is 0 Å². The number of hydroxylamine groups is 2. The third kappa shape index (κ3) is 2.48. The van der Waals surface area contributed by atoms with Crippen LogP contribution in [-0.2, 0) is 9.63 Å². The van der Waals surface area contributed by atoms with Crippen molar-refractivity contribution in [2.45, 2.75) is 45.6 Å². The highest BCUT2D eigenvalue weighted by atomic mass is 16.7. The maximum absolute atomic E-state index is 10.7. The minimum atomic E-state index is -0.199. The van der Waals surface area contributed by atoms with Crippen molar-refractivity contribution in [3.8, 4) is 0 Å². The molecule has 1 fully saturated rings. The predicted octanol–water partition coefficient (Wildman–Crippen LogP) is 1.73. The highest BCUT2D eigenvalue weighted by Crippen LogP contribution is 2.19. The van der Waals surface area contributed by atoms with Gasteiger partial charge in [-0.15, -0.1) is 5.06 Å². The number of piperidine rings is 1. The van der Waals surface area contributed by atoms with E-state index in [0.29, 0.717) is 6.04 Å². The lowest BCUT2D eigenvalue weighted by Crippen LogP contribution is -2.40. The lowest BCUT2D eigenvalue weighted by molar-refractivity contribution is -0.205. The molecule has 0 amide bonds. The fourth-order valence-corrected chi connectivity index (χ4v) is 1.67. The molecule has 1 aliphatic rings. The molecule has 0 bridgehead atoms. The van der Waals surface area contributed by atoms with Crippen LogP contribution in [0.15, 0.2) is 0 Å². The zero-order chi connectivity index (χ0) is 8.97. The molecule has 0 aromatic heterocycles. The second-order valence-corrected chi connectivity index (χ2v) is 3.28. The van der Waals surface area contributed by atoms with Gasteiger partial charge in [-0.25, -0.2) is 0 Å². The Morgan fingerprint density at radius 2 is 2.33 bits per heavy atom. The Balaban J connectivity index is 2.41. The summed E-state index contributed by atoms with van der Waals surface area (Å²) in [5.41, 5.74) is 0. The molecule has 1 atom stereocenters. The summed E-state index contributed by atoms with van der Waals surface area (Å²) in [5, 5.41) is 1.84. The van der Waals surface area contributed by atoms with Crippen molar-refractivity contribution in [1.29, 1.82) is 0 Å². The van der Waals surface area contributed by atoms with E-state index in [1.165, 1.54) is 13.3 Å². The fourth-order valence-electron chi connectivity index (χ4n) is 1.67. The fraction of sp³-hybridized carbons (Fsp3) is 0.889. The molecule has 3 heteroatoms. The monoisotopic (exact) mass is 171 g/mol. The first-order valence-electron chi connectivity index (χ1n) is 4.69. The summed E-state index contributed by atoms with van der Waals surface area (Å²) in [7, 11) is 0. The predicted molar refractivity (Wildman–Crippen MR) is 46.4 cm³/mol. The van der Waals surface area contributed by atoms with Crippen LogP contribution in [-0.4, -0.2) is 23.6 Å². The Morgan fingerprint density at radius 1 is 1.58 bits per heavy atom. The van der Waals surface area contributed by atoms with Gasteiger partial charge in [0.25, 0.3) is 0 Å². The normalized spacial score (nSPS) is 25.3. The summed E-state index contributed by atoms with van der Waals surface area (Å²) in [6.45, 7) is 4.49. The Kier molecular flexibility index (Phi) is 3.53. The van der Waals surface area contributed by atoms with Gasteiger partial charge in [-0.2, -0.15) is 0 Å². The highest BCUT2D eigenvalue weighted by molar-refractivity contribution is 5.65. The maximum Gasteiger partial charge on any atom is 0.322 e. The van der Waals surface area contributed by atoms with Crippen molar-refractivity contribution in [2.24, 2.45) is 0 Å². The van der Waals surface area contributed by atoms with E-state index in [-0.39, 0.29) is 5.97 Å². The van der Waals surface area contributed by atoms with Crippen LogP contribution in [0.2, 0.25) is 0 Å². The molecular formula is C9H17NO2. The summed E-state index contributed by atoms with van der Waals surface area (Å²) in [6, 6.07) is 0.447.